The first-order chi connectivity index (χ1) is 12.5. The maximum atomic E-state index is 13.0. The number of Topliss-reactive ketones (excluding diaryl/α,β-unsaturated/α-hetero) is 1. The van der Waals surface area contributed by atoms with E-state index in [0.29, 0.717) is 22.6 Å². The number of hydrogen-bond donors (Lipinski definition) is 1. The molecule has 0 bridgehead atoms. The zero-order chi connectivity index (χ0) is 19.2. The molecule has 0 radical (unpaired) electrons. The number of hydrogen-bond acceptors (Lipinski definition) is 6. The second-order valence-corrected chi connectivity index (χ2v) is 5.29. The molecular weight excluding hydrogens is 340 g/mol. The van der Waals surface area contributed by atoms with Crippen molar-refractivity contribution in [3.05, 3.63) is 59.7 Å². The summed E-state index contributed by atoms with van der Waals surface area (Å²) in [5.41, 5.74) is 0.840. The van der Waals surface area contributed by atoms with E-state index in [0.717, 1.165) is 0 Å². The van der Waals surface area contributed by atoms with Gasteiger partial charge in [-0.3, -0.25) is 4.79 Å². The molecule has 0 aliphatic heterocycles. The van der Waals surface area contributed by atoms with Crippen LogP contribution in [0, 0.1) is 0 Å². The van der Waals surface area contributed by atoms with Crippen molar-refractivity contribution in [3.63, 3.8) is 0 Å². The molecule has 2 aromatic rings. The van der Waals surface area contributed by atoms with Crippen LogP contribution >= 0.6 is 0 Å². The van der Waals surface area contributed by atoms with Gasteiger partial charge in [0.05, 0.1) is 7.11 Å². The summed E-state index contributed by atoms with van der Waals surface area (Å²) in [6, 6.07) is 12.9. The molecule has 1 N–H and O–H groups in total. The molecule has 26 heavy (non-hydrogen) atoms. The van der Waals surface area contributed by atoms with E-state index in [4.69, 9.17) is 24.1 Å². The highest BCUT2D eigenvalue weighted by Crippen LogP contribution is 2.32. The topological polar surface area (TPSA) is 91.3 Å². The van der Waals surface area contributed by atoms with Crippen LogP contribution in [-0.2, 0) is 20.1 Å². The number of benzene rings is 2. The van der Waals surface area contributed by atoms with Crippen LogP contribution in [0.1, 0.15) is 15.9 Å². The number of ether oxygens (including phenoxy) is 4. The van der Waals surface area contributed by atoms with Crippen LogP contribution in [-0.4, -0.2) is 44.8 Å². The van der Waals surface area contributed by atoms with Gasteiger partial charge in [-0.15, -0.1) is 0 Å². The van der Waals surface area contributed by atoms with Crippen molar-refractivity contribution in [3.8, 4) is 11.5 Å². The Bertz CT molecular complexity index is 746. The lowest BCUT2D eigenvalue weighted by Gasteiger charge is -2.29. The van der Waals surface area contributed by atoms with Gasteiger partial charge >= 0.3 is 5.97 Å². The van der Waals surface area contributed by atoms with Crippen molar-refractivity contribution in [2.45, 2.75) is 5.79 Å². The van der Waals surface area contributed by atoms with Crippen molar-refractivity contribution >= 4 is 11.8 Å². The van der Waals surface area contributed by atoms with Gasteiger partial charge in [0.25, 0.3) is 5.79 Å². The van der Waals surface area contributed by atoms with Crippen molar-refractivity contribution in [2.24, 2.45) is 0 Å². The van der Waals surface area contributed by atoms with E-state index in [2.05, 4.69) is 0 Å². The molecule has 0 aliphatic rings. The Labute approximate surface area is 151 Å². The van der Waals surface area contributed by atoms with Gasteiger partial charge < -0.3 is 24.1 Å². The Kier molecular flexibility index (Phi) is 6.32. The second kappa shape index (κ2) is 8.46. The third kappa shape index (κ3) is 4.01. The first-order valence-corrected chi connectivity index (χ1v) is 7.71. The number of rotatable bonds is 9. The van der Waals surface area contributed by atoms with Gasteiger partial charge in [-0.1, -0.05) is 0 Å². The maximum absolute atomic E-state index is 13.0. The van der Waals surface area contributed by atoms with E-state index in [1.54, 1.807) is 31.4 Å². The normalized spacial score (nSPS) is 11.0. The van der Waals surface area contributed by atoms with E-state index >= 15 is 0 Å². The minimum absolute atomic E-state index is 0.326. The first kappa shape index (κ1) is 19.4. The van der Waals surface area contributed by atoms with Crippen LogP contribution in [0.5, 0.6) is 11.5 Å². The molecule has 0 aliphatic carbocycles. The monoisotopic (exact) mass is 360 g/mol. The van der Waals surface area contributed by atoms with Gasteiger partial charge in [0.1, 0.15) is 11.5 Å². The SMILES string of the molecule is COc1ccc(C(OC)(OC)C(=O)c2ccc(OCC(=O)O)cc2)cc1. The van der Waals surface area contributed by atoms with Gasteiger partial charge in [-0.2, -0.15) is 0 Å². The average molecular weight is 360 g/mol. The van der Waals surface area contributed by atoms with Gasteiger partial charge in [0, 0.05) is 25.3 Å². The fourth-order valence-electron chi connectivity index (χ4n) is 2.48. The van der Waals surface area contributed by atoms with E-state index < -0.39 is 24.1 Å². The summed E-state index contributed by atoms with van der Waals surface area (Å²) in [5, 5.41) is 8.63. The molecular formula is C19H20O7. The Hall–Kier alpha value is -2.90. The fraction of sp³-hybridized carbons (Fsp3) is 0.263. The summed E-state index contributed by atoms with van der Waals surface area (Å²) >= 11 is 0. The van der Waals surface area contributed by atoms with Crippen LogP contribution in [0.15, 0.2) is 48.5 Å². The zero-order valence-corrected chi connectivity index (χ0v) is 14.7. The number of carbonyl (C=O) groups is 2. The fourth-order valence-corrected chi connectivity index (χ4v) is 2.48. The highest BCUT2D eigenvalue weighted by Gasteiger charge is 2.41. The Morgan fingerprint density at radius 3 is 1.88 bits per heavy atom. The van der Waals surface area contributed by atoms with Crippen LogP contribution in [0.25, 0.3) is 0 Å². The molecule has 7 nitrogen and oxygen atoms in total. The molecule has 0 saturated carbocycles. The molecule has 2 aromatic carbocycles. The maximum Gasteiger partial charge on any atom is 0.341 e. The third-order valence-electron chi connectivity index (χ3n) is 3.82. The lowest BCUT2D eigenvalue weighted by atomic mass is 9.95. The van der Waals surface area contributed by atoms with Gasteiger partial charge in [-0.25, -0.2) is 4.79 Å². The number of carboxylic acids is 1. The smallest absolute Gasteiger partial charge is 0.341 e. The van der Waals surface area contributed by atoms with Crippen LogP contribution in [0.3, 0.4) is 0 Å². The molecule has 7 heteroatoms. The molecule has 0 fully saturated rings. The number of methoxy groups -OCH3 is 3. The largest absolute Gasteiger partial charge is 0.497 e. The van der Waals surface area contributed by atoms with Crippen LogP contribution in [0.2, 0.25) is 0 Å². The molecule has 0 heterocycles. The lowest BCUT2D eigenvalue weighted by molar-refractivity contribution is -0.176. The van der Waals surface area contributed by atoms with Gasteiger partial charge in [0.15, 0.2) is 6.61 Å². The van der Waals surface area contributed by atoms with E-state index in [1.165, 1.54) is 38.5 Å². The summed E-state index contributed by atoms with van der Waals surface area (Å²) in [6.07, 6.45) is 0. The average Bonchev–Trinajstić information content (AvgIpc) is 2.68. The number of aliphatic carboxylic acids is 1. The summed E-state index contributed by atoms with van der Waals surface area (Å²) < 4.78 is 21.1. The van der Waals surface area contributed by atoms with Crippen molar-refractivity contribution in [1.29, 1.82) is 0 Å². The second-order valence-electron chi connectivity index (χ2n) is 5.29. The third-order valence-corrected chi connectivity index (χ3v) is 3.82. The summed E-state index contributed by atoms with van der Waals surface area (Å²) in [7, 11) is 4.32. The molecule has 0 unspecified atom stereocenters. The number of ketones is 1. The van der Waals surface area contributed by atoms with E-state index in [-0.39, 0.29) is 0 Å². The Morgan fingerprint density at radius 2 is 1.42 bits per heavy atom. The van der Waals surface area contributed by atoms with Gasteiger partial charge in [0.2, 0.25) is 5.78 Å². The van der Waals surface area contributed by atoms with Crippen LogP contribution < -0.4 is 9.47 Å². The Morgan fingerprint density at radius 1 is 0.885 bits per heavy atom. The molecule has 0 saturated heterocycles. The summed E-state index contributed by atoms with van der Waals surface area (Å²) in [6.45, 7) is -0.459. The molecule has 0 aromatic heterocycles. The number of carbonyl (C=O) groups excluding carboxylic acids is 1. The van der Waals surface area contributed by atoms with Crippen molar-refractivity contribution < 1.29 is 33.6 Å². The summed E-state index contributed by atoms with van der Waals surface area (Å²) in [4.78, 5) is 23.6. The van der Waals surface area contributed by atoms with E-state index in [9.17, 15) is 9.59 Å². The zero-order valence-electron chi connectivity index (χ0n) is 14.7. The predicted molar refractivity (Wildman–Crippen MR) is 92.6 cm³/mol. The molecule has 0 amide bonds. The molecule has 2 rings (SSSR count). The minimum Gasteiger partial charge on any atom is -0.497 e. The number of carboxylic acid groups (broad SMARTS) is 1. The Balaban J connectivity index is 2.30. The highest BCUT2D eigenvalue weighted by atomic mass is 16.7. The molecule has 138 valence electrons. The minimum atomic E-state index is -1.62. The molecule has 0 spiro atoms. The van der Waals surface area contributed by atoms with Crippen LogP contribution in [0.4, 0.5) is 0 Å². The molecule has 0 atom stereocenters. The highest BCUT2D eigenvalue weighted by molar-refractivity contribution is 6.02. The van der Waals surface area contributed by atoms with Crippen molar-refractivity contribution in [1.82, 2.24) is 0 Å². The van der Waals surface area contributed by atoms with Gasteiger partial charge in [-0.05, 0) is 48.5 Å². The predicted octanol–water partition coefficient (Wildman–Crippen LogP) is 2.49. The van der Waals surface area contributed by atoms with E-state index in [1.807, 2.05) is 0 Å². The quantitative estimate of drug-likeness (QED) is 0.542. The summed E-state index contributed by atoms with van der Waals surface area (Å²) in [5.74, 6) is -2.12. The standard InChI is InChI=1S/C19H20O7/c1-23-15-10-6-14(7-11-15)19(24-2,25-3)18(22)13-4-8-16(9-5-13)26-12-17(20)21/h4-11H,12H2,1-3H3,(H,20,21). The lowest BCUT2D eigenvalue weighted by Crippen LogP contribution is -2.40. The van der Waals surface area contributed by atoms with Crippen molar-refractivity contribution in [2.75, 3.05) is 27.9 Å². The first-order valence-electron chi connectivity index (χ1n) is 7.71.